The van der Waals surface area contributed by atoms with E-state index in [0.717, 1.165) is 27.5 Å². The van der Waals surface area contributed by atoms with Gasteiger partial charge in [0.25, 0.3) is 0 Å². The maximum atomic E-state index is 14.4. The fraction of sp³-hybridized carbons (Fsp3) is 0.316. The molecule has 2 atom stereocenters. The van der Waals surface area contributed by atoms with E-state index in [2.05, 4.69) is 10.1 Å². The van der Waals surface area contributed by atoms with Crippen LogP contribution in [0.1, 0.15) is 30.5 Å². The number of hydrazine groups is 1. The number of nitrogens with one attached hydrogen (secondary N) is 1. The molecule has 0 unspecified atom stereocenters. The maximum absolute atomic E-state index is 14.4. The summed E-state index contributed by atoms with van der Waals surface area (Å²) in [5, 5.41) is 9.22. The number of methoxy groups -OCH3 is 1. The Balaban J connectivity index is 1.29. The van der Waals surface area contributed by atoms with Crippen molar-refractivity contribution < 1.29 is 28.7 Å². The van der Waals surface area contributed by atoms with Gasteiger partial charge in [0, 0.05) is 25.6 Å². The first-order chi connectivity index (χ1) is 24.5. The monoisotopic (exact) mass is 731 g/mol. The van der Waals surface area contributed by atoms with Crippen molar-refractivity contribution in [3.05, 3.63) is 112 Å². The molecular weight excluding hydrogens is 693 g/mol. The van der Waals surface area contributed by atoms with Gasteiger partial charge in [0.15, 0.2) is 6.61 Å². The molecule has 11 nitrogen and oxygen atoms in total. The van der Waals surface area contributed by atoms with E-state index < -0.39 is 18.2 Å². The number of hydrogen-bond donors (Lipinski definition) is 1. The minimum Gasteiger partial charge on any atom is -0.482 e. The lowest BCUT2D eigenvalue weighted by Crippen LogP contribution is -2.66. The molecule has 0 radical (unpaired) electrons. The Bertz CT molecular complexity index is 1930. The van der Waals surface area contributed by atoms with Crippen molar-refractivity contribution in [1.82, 2.24) is 25.1 Å². The van der Waals surface area contributed by atoms with Crippen molar-refractivity contribution in [3.8, 4) is 5.75 Å². The van der Waals surface area contributed by atoms with Crippen LogP contribution >= 0.6 is 23.2 Å². The third-order valence-electron chi connectivity index (χ3n) is 9.15. The Morgan fingerprint density at radius 2 is 1.67 bits per heavy atom. The lowest BCUT2D eigenvalue weighted by atomic mass is 9.99. The van der Waals surface area contributed by atoms with Crippen molar-refractivity contribution in [2.45, 2.75) is 51.6 Å². The number of fused-ring (bicyclic) bond motifs is 2. The standard InChI is InChI=1S/C38H39Cl2N5O6/c1-24(2)45(38(49)41-19-26-13-16-31(39)32(40)17-26)43-22-35(46)44-33(18-25-11-14-29(15-12-25)51-23-36(47)50-3)37(48)42(21-34(43)44)20-28-9-6-8-27-7-4-5-10-30(27)28/h4-17,24,33-34H,18-23H2,1-3H3,(H,41,49)/t33-,34+/m0/s1. The number of esters is 1. The summed E-state index contributed by atoms with van der Waals surface area (Å²) in [5.41, 5.74) is 2.56. The molecule has 0 spiro atoms. The van der Waals surface area contributed by atoms with Gasteiger partial charge in [0.2, 0.25) is 11.8 Å². The predicted molar refractivity (Wildman–Crippen MR) is 194 cm³/mol. The number of carbonyl (C=O) groups excluding carboxylic acids is 4. The Hall–Kier alpha value is -4.84. The van der Waals surface area contributed by atoms with E-state index >= 15 is 0 Å². The summed E-state index contributed by atoms with van der Waals surface area (Å²) < 4.78 is 10.1. The summed E-state index contributed by atoms with van der Waals surface area (Å²) in [5.74, 6) is -0.457. The second kappa shape index (κ2) is 15.6. The first kappa shape index (κ1) is 36.0. The van der Waals surface area contributed by atoms with Crippen LogP contribution in [0.25, 0.3) is 10.8 Å². The first-order valence-corrected chi connectivity index (χ1v) is 17.4. The Morgan fingerprint density at radius 3 is 2.39 bits per heavy atom. The van der Waals surface area contributed by atoms with Gasteiger partial charge in [-0.2, -0.15) is 5.01 Å². The summed E-state index contributed by atoms with van der Waals surface area (Å²) in [6.45, 7) is 4.19. The first-order valence-electron chi connectivity index (χ1n) is 16.7. The largest absolute Gasteiger partial charge is 0.482 e. The molecule has 1 N–H and O–H groups in total. The van der Waals surface area contributed by atoms with Crippen molar-refractivity contribution in [2.24, 2.45) is 0 Å². The number of halogens is 2. The van der Waals surface area contributed by atoms with Crippen LogP contribution in [-0.4, -0.2) is 88.7 Å². The summed E-state index contributed by atoms with van der Waals surface area (Å²) in [7, 11) is 1.29. The van der Waals surface area contributed by atoms with Crippen molar-refractivity contribution in [3.63, 3.8) is 0 Å². The van der Waals surface area contributed by atoms with Gasteiger partial charge < -0.3 is 24.6 Å². The van der Waals surface area contributed by atoms with Crippen LogP contribution in [0.3, 0.4) is 0 Å². The molecule has 4 amide bonds. The maximum Gasteiger partial charge on any atom is 0.343 e. The highest BCUT2D eigenvalue weighted by Gasteiger charge is 2.52. The number of rotatable bonds is 11. The minimum absolute atomic E-state index is 0.0742. The number of nitrogens with zero attached hydrogens (tertiary/aromatic N) is 4. The van der Waals surface area contributed by atoms with Crippen LogP contribution < -0.4 is 10.1 Å². The lowest BCUT2D eigenvalue weighted by molar-refractivity contribution is -0.158. The summed E-state index contributed by atoms with van der Waals surface area (Å²) in [6.07, 6.45) is -0.361. The van der Waals surface area contributed by atoms with Gasteiger partial charge in [-0.05, 0) is 65.6 Å². The second-order valence-corrected chi connectivity index (χ2v) is 13.6. The molecule has 2 saturated heterocycles. The van der Waals surface area contributed by atoms with Gasteiger partial charge in [0.05, 0.1) is 30.2 Å². The Labute approximate surface area is 306 Å². The lowest BCUT2D eigenvalue weighted by Gasteiger charge is -2.47. The highest BCUT2D eigenvalue weighted by Crippen LogP contribution is 2.32. The molecule has 13 heteroatoms. The van der Waals surface area contributed by atoms with E-state index in [-0.39, 0.29) is 56.5 Å². The van der Waals surface area contributed by atoms with E-state index in [9.17, 15) is 19.2 Å². The van der Waals surface area contributed by atoms with Crippen LogP contribution in [0.4, 0.5) is 4.79 Å². The fourth-order valence-corrected chi connectivity index (χ4v) is 7.02. The van der Waals surface area contributed by atoms with E-state index in [4.69, 9.17) is 27.9 Å². The van der Waals surface area contributed by atoms with Gasteiger partial charge >= 0.3 is 12.0 Å². The van der Waals surface area contributed by atoms with Crippen LogP contribution in [0, 0.1) is 0 Å². The minimum atomic E-state index is -0.827. The smallest absolute Gasteiger partial charge is 0.343 e. The molecule has 266 valence electrons. The van der Waals surface area contributed by atoms with Crippen molar-refractivity contribution >= 4 is 57.8 Å². The molecule has 51 heavy (non-hydrogen) atoms. The molecule has 2 aliphatic heterocycles. The zero-order valence-corrected chi connectivity index (χ0v) is 30.1. The summed E-state index contributed by atoms with van der Waals surface area (Å²) >= 11 is 12.3. The third kappa shape index (κ3) is 7.90. The molecule has 2 aliphatic rings. The topological polar surface area (TPSA) is 112 Å². The predicted octanol–water partition coefficient (Wildman–Crippen LogP) is 5.66. The van der Waals surface area contributed by atoms with E-state index in [0.29, 0.717) is 22.3 Å². The van der Waals surface area contributed by atoms with Crippen LogP contribution in [0.5, 0.6) is 5.75 Å². The number of ether oxygens (including phenoxy) is 2. The normalized spacial score (nSPS) is 17.5. The van der Waals surface area contributed by atoms with Gasteiger partial charge in [0.1, 0.15) is 18.0 Å². The Kier molecular flexibility index (Phi) is 11.0. The number of urea groups is 1. The molecule has 0 saturated carbocycles. The number of benzene rings is 4. The molecule has 0 bridgehead atoms. The molecule has 4 aromatic carbocycles. The average molecular weight is 733 g/mol. The number of carbonyl (C=O) groups is 4. The molecule has 6 rings (SSSR count). The fourth-order valence-electron chi connectivity index (χ4n) is 6.70. The van der Waals surface area contributed by atoms with Crippen LogP contribution in [-0.2, 0) is 38.6 Å². The third-order valence-corrected chi connectivity index (χ3v) is 9.89. The zero-order chi connectivity index (χ0) is 36.2. The number of amides is 4. The van der Waals surface area contributed by atoms with Crippen LogP contribution in [0.15, 0.2) is 84.9 Å². The average Bonchev–Trinajstić information content (AvgIpc) is 3.44. The molecule has 2 fully saturated rings. The van der Waals surface area contributed by atoms with E-state index in [1.54, 1.807) is 50.1 Å². The second-order valence-electron chi connectivity index (χ2n) is 12.8. The van der Waals surface area contributed by atoms with Crippen molar-refractivity contribution in [1.29, 1.82) is 0 Å². The summed E-state index contributed by atoms with van der Waals surface area (Å²) in [6, 6.07) is 24.7. The Morgan fingerprint density at radius 1 is 0.941 bits per heavy atom. The van der Waals surface area contributed by atoms with E-state index in [1.165, 1.54) is 7.11 Å². The molecule has 2 heterocycles. The summed E-state index contributed by atoms with van der Waals surface area (Å²) in [4.78, 5) is 57.1. The zero-order valence-electron chi connectivity index (χ0n) is 28.6. The van der Waals surface area contributed by atoms with E-state index in [1.807, 2.05) is 68.4 Å². The van der Waals surface area contributed by atoms with Gasteiger partial charge in [-0.1, -0.05) is 83.9 Å². The van der Waals surface area contributed by atoms with Gasteiger partial charge in [-0.25, -0.2) is 9.59 Å². The number of hydrogen-bond acceptors (Lipinski definition) is 7. The molecule has 0 aliphatic carbocycles. The molecule has 4 aromatic rings. The highest BCUT2D eigenvalue weighted by molar-refractivity contribution is 6.42. The highest BCUT2D eigenvalue weighted by atomic mass is 35.5. The number of piperazine rings is 1. The van der Waals surface area contributed by atoms with Crippen molar-refractivity contribution in [2.75, 3.05) is 26.8 Å². The van der Waals surface area contributed by atoms with Gasteiger partial charge in [-0.15, -0.1) is 0 Å². The van der Waals surface area contributed by atoms with Crippen LogP contribution in [0.2, 0.25) is 10.0 Å². The SMILES string of the molecule is COC(=O)COc1ccc(C[C@H]2C(=O)N(Cc3cccc4ccccc34)C[C@H]3N2C(=O)CN3N(C(=O)NCc2ccc(Cl)c(Cl)c2)C(C)C)cc1. The van der Waals surface area contributed by atoms with Gasteiger partial charge in [-0.3, -0.25) is 14.6 Å². The quantitative estimate of drug-likeness (QED) is 0.198. The molecule has 0 aromatic heterocycles. The molecular formula is C38H39Cl2N5O6.